The van der Waals surface area contributed by atoms with E-state index in [2.05, 4.69) is 9.97 Å². The fourth-order valence-corrected chi connectivity index (χ4v) is 3.49. The Morgan fingerprint density at radius 1 is 1.15 bits per heavy atom. The lowest BCUT2D eigenvalue weighted by Gasteiger charge is -2.24. The van der Waals surface area contributed by atoms with E-state index in [1.54, 1.807) is 23.2 Å². The van der Waals surface area contributed by atoms with Gasteiger partial charge in [0.15, 0.2) is 0 Å². The van der Waals surface area contributed by atoms with Gasteiger partial charge in [0, 0.05) is 31.1 Å². The predicted molar refractivity (Wildman–Crippen MR) is 98.5 cm³/mol. The maximum absolute atomic E-state index is 13.9. The maximum atomic E-state index is 13.9. The van der Waals surface area contributed by atoms with Crippen molar-refractivity contribution in [1.82, 2.24) is 19.9 Å². The van der Waals surface area contributed by atoms with Gasteiger partial charge in [0.05, 0.1) is 17.9 Å². The summed E-state index contributed by atoms with van der Waals surface area (Å²) in [5.41, 5.74) is 2.57. The first-order valence-corrected chi connectivity index (χ1v) is 8.98. The summed E-state index contributed by atoms with van der Waals surface area (Å²) in [6.45, 7) is 0.666. The lowest BCUT2D eigenvalue weighted by molar-refractivity contribution is 0.0726. The van der Waals surface area contributed by atoms with Gasteiger partial charge in [-0.05, 0) is 36.6 Å². The second-order valence-corrected chi connectivity index (χ2v) is 6.57. The van der Waals surface area contributed by atoms with Gasteiger partial charge in [0.1, 0.15) is 11.5 Å². The quantitative estimate of drug-likeness (QED) is 0.712. The summed E-state index contributed by atoms with van der Waals surface area (Å²) in [5, 5.41) is 0. The summed E-state index contributed by atoms with van der Waals surface area (Å²) in [7, 11) is 0. The van der Waals surface area contributed by atoms with Crippen molar-refractivity contribution in [2.45, 2.75) is 25.3 Å². The smallest absolute Gasteiger partial charge is 0.274 e. The van der Waals surface area contributed by atoms with E-state index in [9.17, 15) is 9.18 Å². The molecule has 1 aromatic carbocycles. The fraction of sp³-hybridized carbons (Fsp3) is 0.238. The van der Waals surface area contributed by atoms with Crippen LogP contribution in [0.2, 0.25) is 0 Å². The number of likely N-dealkylation sites (tertiary alicyclic amines) is 1. The van der Waals surface area contributed by atoms with Gasteiger partial charge in [-0.15, -0.1) is 0 Å². The molecule has 1 atom stereocenters. The molecule has 27 heavy (non-hydrogen) atoms. The number of hydrogen-bond acceptors (Lipinski definition) is 4. The molecule has 136 valence electrons. The Balaban J connectivity index is 1.57. The minimum Gasteiger partial charge on any atom is -0.329 e. The first-order chi connectivity index (χ1) is 13.2. The highest BCUT2D eigenvalue weighted by Crippen LogP contribution is 2.32. The molecule has 4 rings (SSSR count). The number of benzene rings is 1. The number of amides is 1. The second-order valence-electron chi connectivity index (χ2n) is 6.57. The molecule has 5 nitrogen and oxygen atoms in total. The van der Waals surface area contributed by atoms with Crippen molar-refractivity contribution in [3.63, 3.8) is 0 Å². The Morgan fingerprint density at radius 2 is 2.04 bits per heavy atom. The van der Waals surface area contributed by atoms with Crippen LogP contribution in [0.3, 0.4) is 0 Å². The zero-order valence-electron chi connectivity index (χ0n) is 14.8. The van der Waals surface area contributed by atoms with Gasteiger partial charge in [-0.2, -0.15) is 0 Å². The molecule has 2 aromatic heterocycles. The van der Waals surface area contributed by atoms with E-state index in [4.69, 9.17) is 4.98 Å². The van der Waals surface area contributed by atoms with E-state index in [1.165, 1.54) is 18.5 Å². The average Bonchev–Trinajstić information content (AvgIpc) is 3.20. The minimum absolute atomic E-state index is 0.0972. The van der Waals surface area contributed by atoms with Crippen LogP contribution >= 0.6 is 0 Å². The van der Waals surface area contributed by atoms with Gasteiger partial charge < -0.3 is 4.90 Å². The van der Waals surface area contributed by atoms with E-state index in [0.717, 1.165) is 24.2 Å². The zero-order chi connectivity index (χ0) is 18.6. The molecule has 0 N–H and O–H groups in total. The van der Waals surface area contributed by atoms with E-state index in [0.29, 0.717) is 24.2 Å². The molecule has 1 amide bonds. The van der Waals surface area contributed by atoms with Gasteiger partial charge in [-0.3, -0.25) is 14.8 Å². The summed E-state index contributed by atoms with van der Waals surface area (Å²) in [4.78, 5) is 27.4. The Labute approximate surface area is 156 Å². The summed E-state index contributed by atoms with van der Waals surface area (Å²) in [5.74, 6) is -0.364. The van der Waals surface area contributed by atoms with Crippen molar-refractivity contribution in [2.24, 2.45) is 0 Å². The van der Waals surface area contributed by atoms with E-state index >= 15 is 0 Å². The van der Waals surface area contributed by atoms with Crippen LogP contribution in [0.5, 0.6) is 0 Å². The first kappa shape index (κ1) is 17.3. The first-order valence-electron chi connectivity index (χ1n) is 8.98. The third kappa shape index (κ3) is 3.69. The van der Waals surface area contributed by atoms with Crippen molar-refractivity contribution in [3.8, 4) is 0 Å². The predicted octanol–water partition coefficient (Wildman–Crippen LogP) is 3.58. The van der Waals surface area contributed by atoms with Gasteiger partial charge in [0.2, 0.25) is 0 Å². The van der Waals surface area contributed by atoms with Gasteiger partial charge in [0.25, 0.3) is 5.91 Å². The van der Waals surface area contributed by atoms with Crippen LogP contribution in [0.4, 0.5) is 4.39 Å². The molecule has 0 bridgehead atoms. The number of carbonyl (C=O) groups is 1. The van der Waals surface area contributed by atoms with Crippen LogP contribution in [-0.4, -0.2) is 32.3 Å². The lowest BCUT2D eigenvalue weighted by Crippen LogP contribution is -2.31. The number of aromatic nitrogens is 3. The molecular formula is C21H19FN4O. The van der Waals surface area contributed by atoms with Crippen LogP contribution in [0.1, 0.15) is 46.3 Å². The fourth-order valence-electron chi connectivity index (χ4n) is 3.49. The number of carbonyl (C=O) groups excluding carboxylic acids is 1. The molecule has 0 aliphatic carbocycles. The molecule has 1 fully saturated rings. The number of nitrogens with zero attached hydrogens (tertiary/aromatic N) is 4. The molecular weight excluding hydrogens is 343 g/mol. The second kappa shape index (κ2) is 7.61. The normalized spacial score (nSPS) is 16.5. The number of pyridine rings is 1. The Morgan fingerprint density at radius 3 is 2.85 bits per heavy atom. The van der Waals surface area contributed by atoms with E-state index in [-0.39, 0.29) is 17.8 Å². The summed E-state index contributed by atoms with van der Waals surface area (Å²) in [6.07, 6.45) is 6.74. The molecule has 3 heterocycles. The molecule has 1 saturated heterocycles. The minimum atomic E-state index is -0.231. The van der Waals surface area contributed by atoms with E-state index in [1.807, 2.05) is 24.3 Å². The van der Waals surface area contributed by atoms with E-state index < -0.39 is 0 Å². The number of rotatable bonds is 4. The van der Waals surface area contributed by atoms with Gasteiger partial charge in [-0.1, -0.05) is 24.3 Å². The largest absolute Gasteiger partial charge is 0.329 e. The van der Waals surface area contributed by atoms with Crippen molar-refractivity contribution >= 4 is 5.91 Å². The number of hydrogen-bond donors (Lipinski definition) is 0. The van der Waals surface area contributed by atoms with Crippen molar-refractivity contribution < 1.29 is 9.18 Å². The zero-order valence-corrected chi connectivity index (χ0v) is 14.8. The highest BCUT2D eigenvalue weighted by molar-refractivity contribution is 5.92. The van der Waals surface area contributed by atoms with Gasteiger partial charge in [-0.25, -0.2) is 9.37 Å². The lowest BCUT2D eigenvalue weighted by atomic mass is 10.1. The average molecular weight is 362 g/mol. The van der Waals surface area contributed by atoms with Crippen LogP contribution in [0.25, 0.3) is 0 Å². The summed E-state index contributed by atoms with van der Waals surface area (Å²) in [6, 6.07) is 12.4. The van der Waals surface area contributed by atoms with Crippen molar-refractivity contribution in [3.05, 3.63) is 89.5 Å². The third-order valence-corrected chi connectivity index (χ3v) is 4.80. The van der Waals surface area contributed by atoms with Crippen molar-refractivity contribution in [1.29, 1.82) is 0 Å². The summed E-state index contributed by atoms with van der Waals surface area (Å²) >= 11 is 0. The van der Waals surface area contributed by atoms with Crippen LogP contribution in [0.15, 0.2) is 61.1 Å². The molecule has 3 aromatic rings. The molecule has 1 aliphatic rings. The molecule has 0 spiro atoms. The Bertz CT molecular complexity index is 948. The standard InChI is InChI=1S/C21H19FN4O/c22-17-7-2-1-5-15(17)13-16-6-3-8-18(25-16)20-9-4-12-26(20)21(27)19-14-23-10-11-24-19/h1-3,5-8,10-11,14,20H,4,9,12-13H2/t20-/m1/s1. The molecule has 6 heteroatoms. The highest BCUT2D eigenvalue weighted by Gasteiger charge is 2.32. The van der Waals surface area contributed by atoms with Crippen molar-refractivity contribution in [2.75, 3.05) is 6.54 Å². The molecule has 0 saturated carbocycles. The Kier molecular flexibility index (Phi) is 4.87. The molecule has 1 aliphatic heterocycles. The monoisotopic (exact) mass is 362 g/mol. The topological polar surface area (TPSA) is 59.0 Å². The molecule has 0 radical (unpaired) electrons. The summed E-state index contributed by atoms with van der Waals surface area (Å²) < 4.78 is 13.9. The Hall–Kier alpha value is -3.15. The van der Waals surface area contributed by atoms with Crippen LogP contribution in [0, 0.1) is 5.82 Å². The van der Waals surface area contributed by atoms with Crippen LogP contribution < -0.4 is 0 Å². The van der Waals surface area contributed by atoms with Gasteiger partial charge >= 0.3 is 0 Å². The SMILES string of the molecule is O=C(c1cnccn1)N1CCC[C@@H]1c1cccc(Cc2ccccc2F)n1. The maximum Gasteiger partial charge on any atom is 0.274 e. The highest BCUT2D eigenvalue weighted by atomic mass is 19.1. The number of halogens is 1. The third-order valence-electron chi connectivity index (χ3n) is 4.80. The molecule has 0 unspecified atom stereocenters. The van der Waals surface area contributed by atoms with Crippen LogP contribution in [-0.2, 0) is 6.42 Å².